The number of carbonyl (C=O) groups is 1. The quantitative estimate of drug-likeness (QED) is 0.715. The number of benzene rings is 1. The van der Waals surface area contributed by atoms with E-state index in [1.807, 2.05) is 4.90 Å². The summed E-state index contributed by atoms with van der Waals surface area (Å²) in [6, 6.07) is 4.29. The molecule has 1 amide bonds. The average molecular weight is 423 g/mol. The van der Waals surface area contributed by atoms with E-state index in [0.29, 0.717) is 19.0 Å². The maximum atomic E-state index is 14.5. The number of hydrogen-bond acceptors (Lipinski definition) is 3. The fraction of sp³-hybridized carbons (Fsp3) is 0.682. The van der Waals surface area contributed by atoms with Crippen molar-refractivity contribution in [1.29, 1.82) is 0 Å². The first-order valence-electron chi connectivity index (χ1n) is 11.0. The van der Waals surface area contributed by atoms with Crippen molar-refractivity contribution in [3.63, 3.8) is 0 Å². The topological polar surface area (TPSA) is 57.7 Å². The van der Waals surface area contributed by atoms with Crippen molar-refractivity contribution in [3.8, 4) is 0 Å². The Bertz CT molecular complexity index is 855. The standard InChI is InChI=1S/C22H31FN2O3S/c1-16-5-8-18(9-6-16)25(19-10-11-19)22(26)17-7-12-20(23)21(15-17)29(27,28)24-13-3-2-4-14-24/h7,12,15-16,18-19H,2-6,8-11,13-14H2,1H3. The SMILES string of the molecule is CC1CCC(N(C(=O)c2ccc(F)c(S(=O)(=O)N3CCCCC3)c2)C2CC2)CC1. The first kappa shape index (κ1) is 20.8. The molecular weight excluding hydrogens is 391 g/mol. The van der Waals surface area contributed by atoms with Gasteiger partial charge in [-0.2, -0.15) is 4.31 Å². The third-order valence-corrected chi connectivity index (χ3v) is 8.58. The van der Waals surface area contributed by atoms with Gasteiger partial charge in [0, 0.05) is 30.7 Å². The Morgan fingerprint density at radius 3 is 2.17 bits per heavy atom. The van der Waals surface area contributed by atoms with Gasteiger partial charge in [-0.25, -0.2) is 12.8 Å². The lowest BCUT2D eigenvalue weighted by Crippen LogP contribution is -2.44. The second-order valence-electron chi connectivity index (χ2n) is 8.97. The molecule has 160 valence electrons. The Morgan fingerprint density at radius 1 is 1.00 bits per heavy atom. The van der Waals surface area contributed by atoms with Crippen LogP contribution in [0.15, 0.2) is 23.1 Å². The molecule has 0 radical (unpaired) electrons. The van der Waals surface area contributed by atoms with Gasteiger partial charge in [-0.1, -0.05) is 13.3 Å². The molecule has 0 unspecified atom stereocenters. The molecule has 1 aliphatic heterocycles. The Labute approximate surface area is 173 Å². The van der Waals surface area contributed by atoms with Crippen LogP contribution in [0.3, 0.4) is 0 Å². The molecule has 3 aliphatic rings. The summed E-state index contributed by atoms with van der Waals surface area (Å²) in [5.74, 6) is -0.242. The molecule has 0 aromatic heterocycles. The highest BCUT2D eigenvalue weighted by molar-refractivity contribution is 7.89. The molecule has 0 bridgehead atoms. The number of hydrogen-bond donors (Lipinski definition) is 0. The van der Waals surface area contributed by atoms with Crippen molar-refractivity contribution >= 4 is 15.9 Å². The van der Waals surface area contributed by atoms with Crippen molar-refractivity contribution in [2.75, 3.05) is 13.1 Å². The lowest BCUT2D eigenvalue weighted by atomic mass is 9.86. The monoisotopic (exact) mass is 422 g/mol. The molecule has 1 aromatic carbocycles. The van der Waals surface area contributed by atoms with Crippen LogP contribution in [-0.2, 0) is 10.0 Å². The number of carbonyl (C=O) groups excluding carboxylic acids is 1. The minimum absolute atomic E-state index is 0.151. The summed E-state index contributed by atoms with van der Waals surface area (Å²) in [5, 5.41) is 0. The Morgan fingerprint density at radius 2 is 1.59 bits per heavy atom. The summed E-state index contributed by atoms with van der Waals surface area (Å²) in [5.41, 5.74) is 0.285. The third kappa shape index (κ3) is 4.36. The fourth-order valence-corrected chi connectivity index (χ4v) is 6.34. The molecular formula is C22H31FN2O3S. The molecule has 0 N–H and O–H groups in total. The van der Waals surface area contributed by atoms with Gasteiger partial charge in [0.25, 0.3) is 5.91 Å². The van der Waals surface area contributed by atoms with Gasteiger partial charge in [0.2, 0.25) is 10.0 Å². The summed E-state index contributed by atoms with van der Waals surface area (Å²) in [4.78, 5) is 15.0. The molecule has 0 atom stereocenters. The number of amides is 1. The summed E-state index contributed by atoms with van der Waals surface area (Å²) in [6.45, 7) is 3.07. The summed E-state index contributed by atoms with van der Waals surface area (Å²) in [6.07, 6.45) is 8.76. The molecule has 0 spiro atoms. The molecule has 1 heterocycles. The normalized spacial score (nSPS) is 26.3. The fourth-order valence-electron chi connectivity index (χ4n) is 4.73. The zero-order valence-corrected chi connectivity index (χ0v) is 18.0. The highest BCUT2D eigenvalue weighted by Gasteiger charge is 2.39. The molecule has 29 heavy (non-hydrogen) atoms. The predicted molar refractivity (Wildman–Crippen MR) is 110 cm³/mol. The van der Waals surface area contributed by atoms with Crippen molar-refractivity contribution in [3.05, 3.63) is 29.6 Å². The maximum absolute atomic E-state index is 14.5. The van der Waals surface area contributed by atoms with Crippen LogP contribution in [-0.4, -0.2) is 48.7 Å². The van der Waals surface area contributed by atoms with Crippen LogP contribution in [0.25, 0.3) is 0 Å². The van der Waals surface area contributed by atoms with E-state index < -0.39 is 15.8 Å². The van der Waals surface area contributed by atoms with Crippen molar-refractivity contribution in [2.45, 2.75) is 81.7 Å². The number of piperidine rings is 1. The van der Waals surface area contributed by atoms with Crippen LogP contribution in [0.1, 0.15) is 75.1 Å². The van der Waals surface area contributed by atoms with Crippen molar-refractivity contribution in [2.24, 2.45) is 5.92 Å². The molecule has 7 heteroatoms. The van der Waals surface area contributed by atoms with Gasteiger partial charge in [-0.05, 0) is 75.5 Å². The van der Waals surface area contributed by atoms with E-state index >= 15 is 0 Å². The Hall–Kier alpha value is -1.47. The van der Waals surface area contributed by atoms with Crippen LogP contribution in [0.4, 0.5) is 4.39 Å². The van der Waals surface area contributed by atoms with E-state index in [-0.39, 0.29) is 28.4 Å². The molecule has 2 saturated carbocycles. The average Bonchev–Trinajstić information content (AvgIpc) is 3.55. The molecule has 1 saturated heterocycles. The largest absolute Gasteiger partial charge is 0.333 e. The van der Waals surface area contributed by atoms with Crippen LogP contribution < -0.4 is 0 Å². The predicted octanol–water partition coefficient (Wildman–Crippen LogP) is 4.18. The second kappa shape index (κ2) is 8.34. The number of halogens is 1. The van der Waals surface area contributed by atoms with Gasteiger partial charge in [-0.3, -0.25) is 4.79 Å². The van der Waals surface area contributed by atoms with Gasteiger partial charge in [0.15, 0.2) is 0 Å². The van der Waals surface area contributed by atoms with Gasteiger partial charge >= 0.3 is 0 Å². The Kier molecular flexibility index (Phi) is 5.98. The van der Waals surface area contributed by atoms with Crippen LogP contribution >= 0.6 is 0 Å². The van der Waals surface area contributed by atoms with E-state index in [0.717, 1.165) is 63.9 Å². The smallest absolute Gasteiger partial charge is 0.254 e. The minimum atomic E-state index is -3.92. The first-order chi connectivity index (χ1) is 13.9. The molecule has 5 nitrogen and oxygen atoms in total. The zero-order chi connectivity index (χ0) is 20.6. The highest BCUT2D eigenvalue weighted by Crippen LogP contribution is 2.36. The maximum Gasteiger partial charge on any atom is 0.254 e. The number of nitrogens with zero attached hydrogens (tertiary/aromatic N) is 2. The first-order valence-corrected chi connectivity index (χ1v) is 12.4. The lowest BCUT2D eigenvalue weighted by molar-refractivity contribution is 0.0592. The van der Waals surface area contributed by atoms with Gasteiger partial charge in [0.05, 0.1) is 0 Å². The second-order valence-corrected chi connectivity index (χ2v) is 10.9. The van der Waals surface area contributed by atoms with E-state index in [1.54, 1.807) is 0 Å². The van der Waals surface area contributed by atoms with Crippen LogP contribution in [0.5, 0.6) is 0 Å². The number of rotatable bonds is 5. The number of sulfonamides is 1. The van der Waals surface area contributed by atoms with Gasteiger partial charge < -0.3 is 4.90 Å². The van der Waals surface area contributed by atoms with Gasteiger partial charge in [-0.15, -0.1) is 0 Å². The van der Waals surface area contributed by atoms with Gasteiger partial charge in [0.1, 0.15) is 10.7 Å². The third-order valence-electron chi connectivity index (χ3n) is 6.66. The van der Waals surface area contributed by atoms with E-state index in [9.17, 15) is 17.6 Å². The zero-order valence-electron chi connectivity index (χ0n) is 17.1. The van der Waals surface area contributed by atoms with Crippen LogP contribution in [0, 0.1) is 11.7 Å². The van der Waals surface area contributed by atoms with E-state index in [1.165, 1.54) is 16.4 Å². The lowest BCUT2D eigenvalue weighted by Gasteiger charge is -2.36. The Balaban J connectivity index is 1.61. The summed E-state index contributed by atoms with van der Waals surface area (Å²) >= 11 is 0. The minimum Gasteiger partial charge on any atom is -0.333 e. The molecule has 3 fully saturated rings. The molecule has 1 aromatic rings. The van der Waals surface area contributed by atoms with E-state index in [2.05, 4.69) is 6.92 Å². The summed E-state index contributed by atoms with van der Waals surface area (Å²) < 4.78 is 41.9. The highest BCUT2D eigenvalue weighted by atomic mass is 32.2. The molecule has 4 rings (SSSR count). The van der Waals surface area contributed by atoms with Crippen LogP contribution in [0.2, 0.25) is 0 Å². The van der Waals surface area contributed by atoms with Crippen molar-refractivity contribution in [1.82, 2.24) is 9.21 Å². The van der Waals surface area contributed by atoms with E-state index in [4.69, 9.17) is 0 Å². The summed E-state index contributed by atoms with van der Waals surface area (Å²) in [7, 11) is -3.92. The van der Waals surface area contributed by atoms with Crippen molar-refractivity contribution < 1.29 is 17.6 Å². The molecule has 2 aliphatic carbocycles.